The average Bonchev–Trinajstić information content (AvgIpc) is 2.79. The molecule has 0 aliphatic heterocycles. The van der Waals surface area contributed by atoms with Gasteiger partial charge in [0.1, 0.15) is 12.4 Å². The van der Waals surface area contributed by atoms with E-state index in [4.69, 9.17) is 16.7 Å². The highest BCUT2D eigenvalue weighted by molar-refractivity contribution is 6.30. The second-order valence-corrected chi connectivity index (χ2v) is 4.59. The number of anilines is 1. The summed E-state index contributed by atoms with van der Waals surface area (Å²) in [6, 6.07) is 3.87. The molecule has 110 valence electrons. The van der Waals surface area contributed by atoms with E-state index in [1.54, 1.807) is 0 Å². The van der Waals surface area contributed by atoms with Gasteiger partial charge in [0.25, 0.3) is 0 Å². The van der Waals surface area contributed by atoms with Gasteiger partial charge in [-0.25, -0.2) is 9.07 Å². The lowest BCUT2D eigenvalue weighted by atomic mass is 10.3. The van der Waals surface area contributed by atoms with Gasteiger partial charge in [0, 0.05) is 11.2 Å². The minimum absolute atomic E-state index is 0.00438. The Labute approximate surface area is 123 Å². The number of benzene rings is 1. The molecule has 21 heavy (non-hydrogen) atoms. The predicted octanol–water partition coefficient (Wildman–Crippen LogP) is 1.34. The van der Waals surface area contributed by atoms with Gasteiger partial charge in [0.2, 0.25) is 5.91 Å². The zero-order chi connectivity index (χ0) is 15.4. The van der Waals surface area contributed by atoms with E-state index < -0.39 is 17.7 Å². The van der Waals surface area contributed by atoms with Crippen LogP contribution < -0.4 is 5.32 Å². The standard InChI is InChI=1S/C12H10ClFN4O3/c13-7-1-2-10(9(14)3-7)15-11(19)6-18-5-8(16-17-18)4-12(20)21/h1-3,5H,4,6H2,(H,15,19)(H,20,21). The van der Waals surface area contributed by atoms with Crippen molar-refractivity contribution in [1.82, 2.24) is 15.0 Å². The lowest BCUT2D eigenvalue weighted by Crippen LogP contribution is -2.19. The first-order valence-electron chi connectivity index (χ1n) is 5.80. The minimum atomic E-state index is -1.05. The fraction of sp³-hybridized carbons (Fsp3) is 0.167. The maximum Gasteiger partial charge on any atom is 0.309 e. The minimum Gasteiger partial charge on any atom is -0.481 e. The van der Waals surface area contributed by atoms with E-state index in [9.17, 15) is 14.0 Å². The molecule has 2 N–H and O–H groups in total. The molecule has 1 amide bonds. The Kier molecular flexibility index (Phi) is 4.49. The van der Waals surface area contributed by atoms with Crippen molar-refractivity contribution in [2.24, 2.45) is 0 Å². The molecule has 0 radical (unpaired) electrons. The maximum atomic E-state index is 13.5. The van der Waals surface area contributed by atoms with E-state index >= 15 is 0 Å². The van der Waals surface area contributed by atoms with Crippen LogP contribution in [0.2, 0.25) is 5.02 Å². The van der Waals surface area contributed by atoms with Crippen molar-refractivity contribution < 1.29 is 19.1 Å². The van der Waals surface area contributed by atoms with Crippen molar-refractivity contribution in [3.63, 3.8) is 0 Å². The zero-order valence-corrected chi connectivity index (χ0v) is 11.3. The van der Waals surface area contributed by atoms with Crippen molar-refractivity contribution in [2.45, 2.75) is 13.0 Å². The van der Waals surface area contributed by atoms with Gasteiger partial charge in [0.15, 0.2) is 0 Å². The van der Waals surface area contributed by atoms with Gasteiger partial charge in [-0.15, -0.1) is 5.10 Å². The average molecular weight is 313 g/mol. The molecule has 0 saturated heterocycles. The van der Waals surface area contributed by atoms with Crippen molar-refractivity contribution in [3.05, 3.63) is 40.9 Å². The Balaban J connectivity index is 1.98. The normalized spacial score (nSPS) is 10.4. The second kappa shape index (κ2) is 6.31. The number of aromatic nitrogens is 3. The van der Waals surface area contributed by atoms with Crippen LogP contribution >= 0.6 is 11.6 Å². The van der Waals surface area contributed by atoms with Crippen LogP contribution in [-0.4, -0.2) is 32.0 Å². The van der Waals surface area contributed by atoms with Crippen LogP contribution in [0.5, 0.6) is 0 Å². The molecule has 9 heteroatoms. The summed E-state index contributed by atoms with van der Waals surface area (Å²) in [5, 5.41) is 18.4. The number of rotatable bonds is 5. The van der Waals surface area contributed by atoms with Crippen molar-refractivity contribution >= 4 is 29.2 Å². The number of halogens is 2. The molecule has 0 atom stereocenters. The number of amides is 1. The first-order chi connectivity index (χ1) is 9.94. The molecule has 0 bridgehead atoms. The highest BCUT2D eigenvalue weighted by Crippen LogP contribution is 2.18. The molecule has 0 aliphatic rings. The van der Waals surface area contributed by atoms with Crippen LogP contribution in [-0.2, 0) is 22.6 Å². The van der Waals surface area contributed by atoms with E-state index in [0.29, 0.717) is 0 Å². The monoisotopic (exact) mass is 312 g/mol. The van der Waals surface area contributed by atoms with E-state index in [2.05, 4.69) is 15.6 Å². The van der Waals surface area contributed by atoms with Crippen molar-refractivity contribution in [1.29, 1.82) is 0 Å². The fourth-order valence-electron chi connectivity index (χ4n) is 1.58. The van der Waals surface area contributed by atoms with Crippen molar-refractivity contribution in [2.75, 3.05) is 5.32 Å². The number of carbonyl (C=O) groups excluding carboxylic acids is 1. The molecule has 0 saturated carbocycles. The summed E-state index contributed by atoms with van der Waals surface area (Å²) in [6.45, 7) is -0.214. The summed E-state index contributed by atoms with van der Waals surface area (Å²) >= 11 is 5.60. The van der Waals surface area contributed by atoms with Crippen LogP contribution in [0.15, 0.2) is 24.4 Å². The number of hydrogen-bond donors (Lipinski definition) is 2. The zero-order valence-electron chi connectivity index (χ0n) is 10.6. The number of nitrogens with one attached hydrogen (secondary N) is 1. The van der Waals surface area contributed by atoms with Crippen LogP contribution in [0.3, 0.4) is 0 Å². The van der Waals surface area contributed by atoms with Gasteiger partial charge in [-0.05, 0) is 18.2 Å². The molecule has 1 aromatic heterocycles. The molecule has 0 fully saturated rings. The van der Waals surface area contributed by atoms with Gasteiger partial charge in [0.05, 0.1) is 17.8 Å². The molecule has 1 aromatic carbocycles. The molecule has 0 aliphatic carbocycles. The number of aliphatic carboxylic acids is 1. The number of carboxylic acids is 1. The largest absolute Gasteiger partial charge is 0.481 e. The van der Waals surface area contributed by atoms with Gasteiger partial charge in [-0.1, -0.05) is 16.8 Å². The molecular weight excluding hydrogens is 303 g/mol. The summed E-state index contributed by atoms with van der Waals surface area (Å²) in [6.07, 6.45) is 1.05. The summed E-state index contributed by atoms with van der Waals surface area (Å²) < 4.78 is 14.7. The molecule has 7 nitrogen and oxygen atoms in total. The smallest absolute Gasteiger partial charge is 0.309 e. The Hall–Kier alpha value is -2.48. The molecule has 0 unspecified atom stereocenters. The fourth-order valence-corrected chi connectivity index (χ4v) is 1.74. The van der Waals surface area contributed by atoms with Gasteiger partial charge in [-0.2, -0.15) is 0 Å². The lowest BCUT2D eigenvalue weighted by Gasteiger charge is -2.06. The third-order valence-corrected chi connectivity index (χ3v) is 2.66. The van der Waals surface area contributed by atoms with Gasteiger partial charge in [-0.3, -0.25) is 9.59 Å². The Morgan fingerprint density at radius 3 is 2.86 bits per heavy atom. The van der Waals surface area contributed by atoms with Crippen LogP contribution in [0, 0.1) is 5.82 Å². The number of hydrogen-bond acceptors (Lipinski definition) is 4. The van der Waals surface area contributed by atoms with E-state index in [1.165, 1.54) is 23.0 Å². The van der Waals surface area contributed by atoms with Crippen molar-refractivity contribution in [3.8, 4) is 0 Å². The number of carboxylic acid groups (broad SMARTS) is 1. The van der Waals surface area contributed by atoms with E-state index in [0.717, 1.165) is 6.07 Å². The molecule has 2 rings (SSSR count). The van der Waals surface area contributed by atoms with Gasteiger partial charge >= 0.3 is 5.97 Å². The van der Waals surface area contributed by atoms with E-state index in [-0.39, 0.29) is 29.4 Å². The first kappa shape index (κ1) is 14.9. The Morgan fingerprint density at radius 1 is 1.43 bits per heavy atom. The summed E-state index contributed by atoms with van der Waals surface area (Å²) in [4.78, 5) is 22.2. The summed E-state index contributed by atoms with van der Waals surface area (Å²) in [5.41, 5.74) is 0.225. The number of carbonyl (C=O) groups is 2. The molecule has 0 spiro atoms. The quantitative estimate of drug-likeness (QED) is 0.868. The molecule has 2 aromatic rings. The topological polar surface area (TPSA) is 97.1 Å². The Morgan fingerprint density at radius 2 is 2.19 bits per heavy atom. The summed E-state index contributed by atoms with van der Waals surface area (Å²) in [5.74, 6) is -2.22. The molecular formula is C12H10ClFN4O3. The lowest BCUT2D eigenvalue weighted by molar-refractivity contribution is -0.136. The highest BCUT2D eigenvalue weighted by Gasteiger charge is 2.11. The molecule has 1 heterocycles. The maximum absolute atomic E-state index is 13.5. The first-order valence-corrected chi connectivity index (χ1v) is 6.17. The van der Waals surface area contributed by atoms with Crippen LogP contribution in [0.25, 0.3) is 0 Å². The third kappa shape index (κ3) is 4.25. The van der Waals surface area contributed by atoms with E-state index in [1.807, 2.05) is 0 Å². The predicted molar refractivity (Wildman–Crippen MR) is 71.4 cm³/mol. The Bertz CT molecular complexity index is 689. The van der Waals surface area contributed by atoms with Crippen LogP contribution in [0.1, 0.15) is 5.69 Å². The van der Waals surface area contributed by atoms with Crippen LogP contribution in [0.4, 0.5) is 10.1 Å². The van der Waals surface area contributed by atoms with Gasteiger partial charge < -0.3 is 10.4 Å². The number of nitrogens with zero attached hydrogens (tertiary/aromatic N) is 3. The highest BCUT2D eigenvalue weighted by atomic mass is 35.5. The second-order valence-electron chi connectivity index (χ2n) is 4.15. The summed E-state index contributed by atoms with van der Waals surface area (Å²) in [7, 11) is 0. The SMILES string of the molecule is O=C(O)Cc1cn(CC(=O)Nc2ccc(Cl)cc2F)nn1. The third-order valence-electron chi connectivity index (χ3n) is 2.43.